The Kier molecular flexibility index (Phi) is 3.47. The molecule has 0 spiro atoms. The molecule has 0 heterocycles. The van der Waals surface area contributed by atoms with Crippen molar-refractivity contribution >= 4 is 15.9 Å². The predicted octanol–water partition coefficient (Wildman–Crippen LogP) is 1.28. The highest BCUT2D eigenvalue weighted by Crippen LogP contribution is 1.97. The van der Waals surface area contributed by atoms with Crippen LogP contribution in [0.3, 0.4) is 0 Å². The molecule has 0 saturated carbocycles. The SMILES string of the molecule is C=CCC(O)Br. The van der Waals surface area contributed by atoms with E-state index in [0.717, 1.165) is 0 Å². The second-order valence-corrected chi connectivity index (χ2v) is 2.02. The fourth-order valence-electron chi connectivity index (χ4n) is 0.138. The lowest BCUT2D eigenvalue weighted by molar-refractivity contribution is 0.274. The van der Waals surface area contributed by atoms with Crippen LogP contribution < -0.4 is 0 Å². The molecule has 0 aromatic heterocycles. The third kappa shape index (κ3) is 4.18. The second kappa shape index (κ2) is 3.37. The normalized spacial score (nSPS) is 13.7. The van der Waals surface area contributed by atoms with Gasteiger partial charge in [-0.2, -0.15) is 0 Å². The lowest BCUT2D eigenvalue weighted by Gasteiger charge is -1.90. The molecular weight excluding hydrogens is 144 g/mol. The molecule has 0 rings (SSSR count). The largest absolute Gasteiger partial charge is 0.382 e. The van der Waals surface area contributed by atoms with Gasteiger partial charge in [0.2, 0.25) is 0 Å². The van der Waals surface area contributed by atoms with Crippen LogP contribution in [0.5, 0.6) is 0 Å². The molecule has 0 bridgehead atoms. The standard InChI is InChI=1S/C4H7BrO/c1-2-3-4(5)6/h2,4,6H,1,3H2. The van der Waals surface area contributed by atoms with Crippen LogP contribution in [0, 0.1) is 0 Å². The summed E-state index contributed by atoms with van der Waals surface area (Å²) in [5.74, 6) is 0. The molecule has 0 fully saturated rings. The van der Waals surface area contributed by atoms with Gasteiger partial charge in [0, 0.05) is 6.42 Å². The molecule has 0 aromatic rings. The van der Waals surface area contributed by atoms with Crippen molar-refractivity contribution in [1.29, 1.82) is 0 Å². The first-order valence-electron chi connectivity index (χ1n) is 1.70. The molecular formula is C4H7BrO. The first kappa shape index (κ1) is 6.18. The minimum atomic E-state index is -0.407. The third-order valence-corrected chi connectivity index (χ3v) is 0.735. The topological polar surface area (TPSA) is 20.2 Å². The highest BCUT2D eigenvalue weighted by molar-refractivity contribution is 9.09. The van der Waals surface area contributed by atoms with Crippen LogP contribution in [-0.2, 0) is 0 Å². The van der Waals surface area contributed by atoms with Crippen LogP contribution in [0.2, 0.25) is 0 Å². The van der Waals surface area contributed by atoms with Gasteiger partial charge in [0.1, 0.15) is 5.01 Å². The Morgan fingerprint density at radius 3 is 2.50 bits per heavy atom. The summed E-state index contributed by atoms with van der Waals surface area (Å²) in [6.07, 6.45) is 2.26. The van der Waals surface area contributed by atoms with Gasteiger partial charge in [-0.3, -0.25) is 0 Å². The van der Waals surface area contributed by atoms with Crippen molar-refractivity contribution in [1.82, 2.24) is 0 Å². The highest BCUT2D eigenvalue weighted by Gasteiger charge is 1.87. The number of alkyl halides is 1. The molecule has 0 aromatic carbocycles. The van der Waals surface area contributed by atoms with Gasteiger partial charge < -0.3 is 5.11 Å². The number of aliphatic hydroxyl groups is 1. The monoisotopic (exact) mass is 150 g/mol. The summed E-state index contributed by atoms with van der Waals surface area (Å²) in [4.78, 5) is 0. The Morgan fingerprint density at radius 1 is 2.00 bits per heavy atom. The molecule has 0 saturated heterocycles. The Labute approximate surface area is 45.8 Å². The number of hydrogen-bond donors (Lipinski definition) is 1. The summed E-state index contributed by atoms with van der Waals surface area (Å²) >= 11 is 2.92. The Morgan fingerprint density at radius 2 is 2.50 bits per heavy atom. The lowest BCUT2D eigenvalue weighted by atomic mass is 10.5. The van der Waals surface area contributed by atoms with Crippen molar-refractivity contribution in [2.24, 2.45) is 0 Å². The van der Waals surface area contributed by atoms with E-state index in [1.165, 1.54) is 0 Å². The average molecular weight is 151 g/mol. The molecule has 1 nitrogen and oxygen atoms in total. The van der Waals surface area contributed by atoms with Crippen molar-refractivity contribution in [2.45, 2.75) is 11.4 Å². The van der Waals surface area contributed by atoms with E-state index in [1.54, 1.807) is 6.08 Å². The molecule has 0 amide bonds. The quantitative estimate of drug-likeness (QED) is 0.465. The van der Waals surface area contributed by atoms with Gasteiger partial charge in [-0.1, -0.05) is 22.0 Å². The van der Waals surface area contributed by atoms with Crippen molar-refractivity contribution in [3.05, 3.63) is 12.7 Å². The second-order valence-electron chi connectivity index (χ2n) is 0.959. The smallest absolute Gasteiger partial charge is 0.112 e. The number of hydrogen-bond acceptors (Lipinski definition) is 1. The number of halogens is 1. The van der Waals surface area contributed by atoms with Gasteiger partial charge in [-0.05, 0) is 0 Å². The van der Waals surface area contributed by atoms with Crippen molar-refractivity contribution in [3.8, 4) is 0 Å². The molecule has 1 N–H and O–H groups in total. The van der Waals surface area contributed by atoms with E-state index in [-0.39, 0.29) is 0 Å². The van der Waals surface area contributed by atoms with E-state index in [4.69, 9.17) is 5.11 Å². The summed E-state index contributed by atoms with van der Waals surface area (Å²) in [6.45, 7) is 3.41. The molecule has 0 aliphatic carbocycles. The summed E-state index contributed by atoms with van der Waals surface area (Å²) in [7, 11) is 0. The maximum Gasteiger partial charge on any atom is 0.112 e. The molecule has 1 unspecified atom stereocenters. The van der Waals surface area contributed by atoms with E-state index in [9.17, 15) is 0 Å². The highest BCUT2D eigenvalue weighted by atomic mass is 79.9. The van der Waals surface area contributed by atoms with Gasteiger partial charge >= 0.3 is 0 Å². The summed E-state index contributed by atoms with van der Waals surface area (Å²) < 4.78 is 0. The van der Waals surface area contributed by atoms with Crippen molar-refractivity contribution < 1.29 is 5.11 Å². The Bertz CT molecular complexity index is 42.8. The fourth-order valence-corrected chi connectivity index (χ4v) is 0.402. The molecule has 0 aliphatic heterocycles. The average Bonchev–Trinajstić information content (AvgIpc) is 1.35. The first-order valence-corrected chi connectivity index (χ1v) is 2.62. The molecule has 2 heteroatoms. The molecule has 36 valence electrons. The molecule has 1 atom stereocenters. The van der Waals surface area contributed by atoms with Gasteiger partial charge in [0.25, 0.3) is 0 Å². The molecule has 6 heavy (non-hydrogen) atoms. The van der Waals surface area contributed by atoms with Gasteiger partial charge in [0.05, 0.1) is 0 Å². The maximum atomic E-state index is 8.40. The van der Waals surface area contributed by atoms with E-state index in [2.05, 4.69) is 22.5 Å². The van der Waals surface area contributed by atoms with Crippen LogP contribution in [0.25, 0.3) is 0 Å². The van der Waals surface area contributed by atoms with Crippen LogP contribution >= 0.6 is 15.9 Å². The minimum absolute atomic E-state index is 0.407. The Hall–Kier alpha value is 0.180. The van der Waals surface area contributed by atoms with Crippen LogP contribution in [-0.4, -0.2) is 10.1 Å². The fraction of sp³-hybridized carbons (Fsp3) is 0.500. The van der Waals surface area contributed by atoms with Crippen LogP contribution in [0.1, 0.15) is 6.42 Å². The number of aliphatic hydroxyl groups excluding tert-OH is 1. The zero-order valence-electron chi connectivity index (χ0n) is 3.39. The van der Waals surface area contributed by atoms with E-state index < -0.39 is 5.01 Å². The van der Waals surface area contributed by atoms with Crippen LogP contribution in [0.4, 0.5) is 0 Å². The maximum absolute atomic E-state index is 8.40. The van der Waals surface area contributed by atoms with Crippen molar-refractivity contribution in [3.63, 3.8) is 0 Å². The van der Waals surface area contributed by atoms with E-state index >= 15 is 0 Å². The molecule has 0 aliphatic rings. The number of rotatable bonds is 2. The minimum Gasteiger partial charge on any atom is -0.382 e. The lowest BCUT2D eigenvalue weighted by Crippen LogP contribution is -1.88. The van der Waals surface area contributed by atoms with Gasteiger partial charge in [-0.15, -0.1) is 6.58 Å². The zero-order chi connectivity index (χ0) is 4.99. The third-order valence-electron chi connectivity index (χ3n) is 0.361. The summed E-state index contributed by atoms with van der Waals surface area (Å²) in [5.41, 5.74) is 0. The zero-order valence-corrected chi connectivity index (χ0v) is 4.98. The van der Waals surface area contributed by atoms with Crippen LogP contribution in [0.15, 0.2) is 12.7 Å². The molecule has 0 radical (unpaired) electrons. The van der Waals surface area contributed by atoms with E-state index in [0.29, 0.717) is 6.42 Å². The first-order chi connectivity index (χ1) is 2.77. The van der Waals surface area contributed by atoms with Gasteiger partial charge in [0.15, 0.2) is 0 Å². The summed E-state index contributed by atoms with van der Waals surface area (Å²) in [6, 6.07) is 0. The summed E-state index contributed by atoms with van der Waals surface area (Å²) in [5, 5.41) is 7.99. The predicted molar refractivity (Wildman–Crippen MR) is 29.7 cm³/mol. The van der Waals surface area contributed by atoms with Crippen molar-refractivity contribution in [2.75, 3.05) is 0 Å². The van der Waals surface area contributed by atoms with Gasteiger partial charge in [-0.25, -0.2) is 0 Å². The van der Waals surface area contributed by atoms with E-state index in [1.807, 2.05) is 0 Å². The Balaban J connectivity index is 2.81.